The van der Waals surface area contributed by atoms with Crippen LogP contribution in [0.5, 0.6) is 0 Å². The van der Waals surface area contributed by atoms with Crippen molar-refractivity contribution in [3.63, 3.8) is 0 Å². The fraction of sp³-hybridized carbons (Fsp3) is 0.312. The lowest BCUT2D eigenvalue weighted by Crippen LogP contribution is -2.37. The molecule has 4 N–H and O–H groups in total. The number of nitrogens with one attached hydrogen (secondary N) is 2. The van der Waals surface area contributed by atoms with Gasteiger partial charge in [-0.25, -0.2) is 0 Å². The lowest BCUT2D eigenvalue weighted by molar-refractivity contribution is -0.137. The van der Waals surface area contributed by atoms with Crippen molar-refractivity contribution in [3.8, 4) is 0 Å². The molecule has 0 spiro atoms. The molecule has 5 rings (SSSR count). The minimum atomic E-state index is -4.45. The minimum Gasteiger partial charge on any atom is -0.397 e. The predicted molar refractivity (Wildman–Crippen MR) is 157 cm³/mol. The summed E-state index contributed by atoms with van der Waals surface area (Å²) in [5, 5.41) is 5.53. The molecule has 2 bridgehead atoms. The van der Waals surface area contributed by atoms with E-state index in [1.807, 2.05) is 24.3 Å². The summed E-state index contributed by atoms with van der Waals surface area (Å²) in [5.41, 5.74) is 7.95. The van der Waals surface area contributed by atoms with Crippen LogP contribution in [0.25, 0.3) is 6.08 Å². The average Bonchev–Trinajstić information content (AvgIpc) is 3.59. The van der Waals surface area contributed by atoms with E-state index in [0.717, 1.165) is 55.8 Å². The van der Waals surface area contributed by atoms with Gasteiger partial charge in [0.2, 0.25) is 11.8 Å². The maximum Gasteiger partial charge on any atom is 0.416 e. The smallest absolute Gasteiger partial charge is 0.397 e. The number of carbonyl (C=O) groups is 2. The summed E-state index contributed by atoms with van der Waals surface area (Å²) in [5.74, 6) is -1.12. The molecule has 42 heavy (non-hydrogen) atoms. The van der Waals surface area contributed by atoms with Gasteiger partial charge in [-0.15, -0.1) is 0 Å². The molecule has 0 aromatic heterocycles. The molecular formula is C32H33F3N4O3. The summed E-state index contributed by atoms with van der Waals surface area (Å²) in [7, 11) is 0. The van der Waals surface area contributed by atoms with E-state index in [1.165, 1.54) is 18.2 Å². The number of morpholine rings is 1. The number of amides is 2. The minimum absolute atomic E-state index is 0.288. The molecule has 2 aliphatic heterocycles. The van der Waals surface area contributed by atoms with Gasteiger partial charge in [0, 0.05) is 24.4 Å². The summed E-state index contributed by atoms with van der Waals surface area (Å²) < 4.78 is 44.6. The van der Waals surface area contributed by atoms with E-state index in [-0.39, 0.29) is 11.8 Å². The highest BCUT2D eigenvalue weighted by Gasteiger charge is 2.38. The van der Waals surface area contributed by atoms with E-state index in [0.29, 0.717) is 35.6 Å². The lowest BCUT2D eigenvalue weighted by atomic mass is 9.92. The number of rotatable bonds is 10. The van der Waals surface area contributed by atoms with Crippen molar-refractivity contribution >= 4 is 35.0 Å². The number of anilines is 3. The Morgan fingerprint density at radius 2 is 1.76 bits per heavy atom. The lowest BCUT2D eigenvalue weighted by Gasteiger charge is -2.27. The van der Waals surface area contributed by atoms with Gasteiger partial charge < -0.3 is 21.1 Å². The number of ether oxygens (including phenoxy) is 1. The maximum absolute atomic E-state index is 13.4. The Hall–Kier alpha value is -4.15. The number of nitrogens with two attached hydrogens (primary N) is 1. The van der Waals surface area contributed by atoms with Crippen molar-refractivity contribution in [1.29, 1.82) is 0 Å². The fourth-order valence-corrected chi connectivity index (χ4v) is 5.47. The number of likely N-dealkylation sites (tertiary alicyclic amines) is 1. The summed E-state index contributed by atoms with van der Waals surface area (Å²) in [6.07, 6.45) is 1.31. The van der Waals surface area contributed by atoms with Crippen LogP contribution in [-0.4, -0.2) is 48.6 Å². The maximum atomic E-state index is 13.4. The van der Waals surface area contributed by atoms with Crippen LogP contribution in [0.1, 0.15) is 41.9 Å². The molecule has 0 saturated carbocycles. The molecule has 2 saturated heterocycles. The van der Waals surface area contributed by atoms with Gasteiger partial charge in [-0.05, 0) is 79.4 Å². The van der Waals surface area contributed by atoms with E-state index < -0.39 is 17.7 Å². The third-order valence-electron chi connectivity index (χ3n) is 7.73. The molecule has 3 aromatic rings. The van der Waals surface area contributed by atoms with Crippen LogP contribution < -0.4 is 16.4 Å². The predicted octanol–water partition coefficient (Wildman–Crippen LogP) is 5.92. The number of nitrogen functional groups attached to an aromatic ring is 1. The first-order valence-electron chi connectivity index (χ1n) is 13.9. The second kappa shape index (κ2) is 12.8. The number of fused-ring (bicyclic) bond motifs is 2. The number of hydrogen-bond acceptors (Lipinski definition) is 5. The molecule has 0 aliphatic carbocycles. The first-order chi connectivity index (χ1) is 20.2. The molecule has 3 atom stereocenters. The third kappa shape index (κ3) is 7.37. The van der Waals surface area contributed by atoms with Crippen LogP contribution in [0.2, 0.25) is 0 Å². The summed E-state index contributed by atoms with van der Waals surface area (Å²) >= 11 is 0. The van der Waals surface area contributed by atoms with Crippen LogP contribution in [0.3, 0.4) is 0 Å². The van der Waals surface area contributed by atoms with Gasteiger partial charge in [0.1, 0.15) is 0 Å². The summed E-state index contributed by atoms with van der Waals surface area (Å²) in [4.78, 5) is 28.2. The Bertz CT molecular complexity index is 1420. The number of hydrogen-bond donors (Lipinski definition) is 3. The molecule has 2 fully saturated rings. The highest BCUT2D eigenvalue weighted by Crippen LogP contribution is 2.32. The molecule has 10 heteroatoms. The number of alkyl halides is 3. The second-order valence-electron chi connectivity index (χ2n) is 10.7. The third-order valence-corrected chi connectivity index (χ3v) is 7.73. The Balaban J connectivity index is 1.25. The van der Waals surface area contributed by atoms with Gasteiger partial charge in [0.15, 0.2) is 0 Å². The van der Waals surface area contributed by atoms with E-state index in [9.17, 15) is 22.8 Å². The number of halogens is 3. The Kier molecular flexibility index (Phi) is 8.94. The molecule has 7 nitrogen and oxygen atoms in total. The number of carbonyl (C=O) groups excluding carboxylic acids is 2. The van der Waals surface area contributed by atoms with Crippen molar-refractivity contribution in [2.45, 2.75) is 43.5 Å². The molecule has 220 valence electrons. The quantitative estimate of drug-likeness (QED) is 0.205. The molecular weight excluding hydrogens is 545 g/mol. The highest BCUT2D eigenvalue weighted by molar-refractivity contribution is 6.03. The van der Waals surface area contributed by atoms with Crippen molar-refractivity contribution in [1.82, 2.24) is 4.90 Å². The van der Waals surface area contributed by atoms with Gasteiger partial charge >= 0.3 is 6.18 Å². The zero-order valence-electron chi connectivity index (χ0n) is 22.9. The highest BCUT2D eigenvalue weighted by atomic mass is 19.4. The number of para-hydroxylation sites is 2. The molecule has 2 aliphatic rings. The molecule has 2 heterocycles. The van der Waals surface area contributed by atoms with Crippen molar-refractivity contribution in [3.05, 3.63) is 95.6 Å². The molecule has 3 aromatic carbocycles. The van der Waals surface area contributed by atoms with E-state index in [4.69, 9.17) is 10.5 Å². The van der Waals surface area contributed by atoms with Crippen molar-refractivity contribution < 1.29 is 27.5 Å². The Morgan fingerprint density at radius 3 is 2.40 bits per heavy atom. The van der Waals surface area contributed by atoms with Crippen LogP contribution in [0, 0.1) is 0 Å². The summed E-state index contributed by atoms with van der Waals surface area (Å²) in [6, 6.07) is 19.2. The Morgan fingerprint density at radius 1 is 1.02 bits per heavy atom. The standard InChI is InChI=1S/C32H33F3N4O3/c33-32(34,35)23-12-14-24(15-13-23)37-31(41)27(4-3-17-39-19-26-18-25(39)20-42-26)22-10-7-21(8-11-22)9-16-30(40)38-29-6-2-1-5-28(29)36/h1-2,5-16,25-27H,3-4,17-20,36H2,(H,37,41)(H,38,40)/t25-,26-,27?/m0/s1. The van der Waals surface area contributed by atoms with Crippen LogP contribution >= 0.6 is 0 Å². The van der Waals surface area contributed by atoms with Gasteiger partial charge in [-0.1, -0.05) is 36.4 Å². The Labute approximate surface area is 242 Å². The van der Waals surface area contributed by atoms with E-state index in [1.54, 1.807) is 30.3 Å². The first-order valence-corrected chi connectivity index (χ1v) is 13.9. The second-order valence-corrected chi connectivity index (χ2v) is 10.7. The topological polar surface area (TPSA) is 96.7 Å². The monoisotopic (exact) mass is 578 g/mol. The SMILES string of the molecule is Nc1ccccc1NC(=O)C=Cc1ccc(C(CCCN2C[C@@H]3C[C@H]2CO3)C(=O)Nc2ccc(C(F)(F)F)cc2)cc1. The zero-order chi connectivity index (χ0) is 29.7. The summed E-state index contributed by atoms with van der Waals surface area (Å²) in [6.45, 7) is 2.49. The molecule has 1 unspecified atom stereocenters. The van der Waals surface area contributed by atoms with Gasteiger partial charge in [-0.2, -0.15) is 13.2 Å². The first kappa shape index (κ1) is 29.3. The average molecular weight is 579 g/mol. The van der Waals surface area contributed by atoms with Gasteiger partial charge in [0.25, 0.3) is 0 Å². The van der Waals surface area contributed by atoms with Crippen molar-refractivity contribution in [2.24, 2.45) is 0 Å². The molecule has 2 amide bonds. The van der Waals surface area contributed by atoms with Crippen LogP contribution in [0.4, 0.5) is 30.2 Å². The van der Waals surface area contributed by atoms with E-state index in [2.05, 4.69) is 15.5 Å². The number of benzene rings is 3. The largest absolute Gasteiger partial charge is 0.416 e. The van der Waals surface area contributed by atoms with Crippen molar-refractivity contribution in [2.75, 3.05) is 36.1 Å². The van der Waals surface area contributed by atoms with E-state index >= 15 is 0 Å². The van der Waals surface area contributed by atoms with Crippen LogP contribution in [0.15, 0.2) is 78.9 Å². The fourth-order valence-electron chi connectivity index (χ4n) is 5.47. The zero-order valence-corrected chi connectivity index (χ0v) is 22.9. The molecule has 0 radical (unpaired) electrons. The number of nitrogens with zero attached hydrogens (tertiary/aromatic N) is 1. The normalized spacial score (nSPS) is 19.2. The van der Waals surface area contributed by atoms with Gasteiger partial charge in [0.05, 0.1) is 35.6 Å². The van der Waals surface area contributed by atoms with Crippen LogP contribution in [-0.2, 0) is 20.5 Å². The van der Waals surface area contributed by atoms with Gasteiger partial charge in [-0.3, -0.25) is 14.5 Å².